The molecule has 0 spiro atoms. The van der Waals surface area contributed by atoms with Crippen molar-refractivity contribution in [3.8, 4) is 11.5 Å². The van der Waals surface area contributed by atoms with Crippen LogP contribution in [-0.2, 0) is 4.79 Å². The van der Waals surface area contributed by atoms with Crippen LogP contribution in [0, 0.1) is 0 Å². The Labute approximate surface area is 175 Å². The molecule has 2 aromatic carbocycles. The quantitative estimate of drug-likeness (QED) is 0.396. The fourth-order valence-corrected chi connectivity index (χ4v) is 4.05. The maximum Gasteiger partial charge on any atom is 0.277 e. The molecule has 0 fully saturated rings. The van der Waals surface area contributed by atoms with Gasteiger partial charge in [0.15, 0.2) is 6.61 Å². The summed E-state index contributed by atoms with van der Waals surface area (Å²) in [4.78, 5) is 11.8. The molecule has 9 heteroatoms. The van der Waals surface area contributed by atoms with E-state index in [1.807, 2.05) is 12.1 Å². The van der Waals surface area contributed by atoms with Crippen LogP contribution in [0.4, 0.5) is 0 Å². The summed E-state index contributed by atoms with van der Waals surface area (Å²) in [6.45, 7) is -0.184. The number of hydrazone groups is 1. The van der Waals surface area contributed by atoms with Crippen molar-refractivity contribution in [1.82, 2.24) is 5.43 Å². The number of nitrogens with zero attached hydrogens (tertiary/aromatic N) is 1. The van der Waals surface area contributed by atoms with Crippen molar-refractivity contribution in [2.45, 2.75) is 0 Å². The predicted octanol–water partition coefficient (Wildman–Crippen LogP) is 5.17. The zero-order valence-electron chi connectivity index (χ0n) is 12.9. The van der Waals surface area contributed by atoms with Crippen molar-refractivity contribution in [2.75, 3.05) is 13.7 Å². The highest BCUT2D eigenvalue weighted by molar-refractivity contribution is 9.11. The molecule has 0 atom stereocenters. The van der Waals surface area contributed by atoms with E-state index in [-0.39, 0.29) is 6.61 Å². The van der Waals surface area contributed by atoms with Gasteiger partial charge in [-0.05, 0) is 62.2 Å². The van der Waals surface area contributed by atoms with Gasteiger partial charge in [-0.25, -0.2) is 5.43 Å². The minimum absolute atomic E-state index is 0.184. The summed E-state index contributed by atoms with van der Waals surface area (Å²) >= 11 is 16.0. The average molecular weight is 555 g/mol. The van der Waals surface area contributed by atoms with Gasteiger partial charge in [0.2, 0.25) is 0 Å². The monoisotopic (exact) mass is 552 g/mol. The Morgan fingerprint density at radius 2 is 2.00 bits per heavy atom. The number of benzene rings is 2. The first-order chi connectivity index (χ1) is 11.9. The predicted molar refractivity (Wildman–Crippen MR) is 109 cm³/mol. The van der Waals surface area contributed by atoms with E-state index >= 15 is 0 Å². The molecule has 0 aliphatic rings. The Hall–Kier alpha value is -1.09. The van der Waals surface area contributed by atoms with E-state index in [1.54, 1.807) is 25.3 Å². The van der Waals surface area contributed by atoms with E-state index in [0.29, 0.717) is 26.6 Å². The molecule has 0 aliphatic heterocycles. The maximum absolute atomic E-state index is 11.8. The van der Waals surface area contributed by atoms with Crippen LogP contribution in [0.15, 0.2) is 48.9 Å². The SMILES string of the molecule is COc1c(Br)cc(Br)cc1C=NNC(=O)COc1ccc(Cl)cc1Br. The largest absolute Gasteiger partial charge is 0.495 e. The minimum atomic E-state index is -0.397. The van der Waals surface area contributed by atoms with Crippen LogP contribution in [0.1, 0.15) is 5.56 Å². The Bertz CT molecular complexity index is 815. The second-order valence-electron chi connectivity index (χ2n) is 4.67. The second-order valence-corrected chi connectivity index (χ2v) is 7.73. The number of hydrogen-bond donors (Lipinski definition) is 1. The topological polar surface area (TPSA) is 59.9 Å². The molecule has 25 heavy (non-hydrogen) atoms. The molecule has 0 saturated carbocycles. The zero-order valence-corrected chi connectivity index (χ0v) is 18.4. The van der Waals surface area contributed by atoms with Crippen LogP contribution in [0.5, 0.6) is 11.5 Å². The molecule has 2 rings (SSSR count). The van der Waals surface area contributed by atoms with Gasteiger partial charge in [-0.15, -0.1) is 0 Å². The van der Waals surface area contributed by atoms with Crippen LogP contribution in [0.25, 0.3) is 0 Å². The molecule has 0 aromatic heterocycles. The highest BCUT2D eigenvalue weighted by Gasteiger charge is 2.08. The average Bonchev–Trinajstić information content (AvgIpc) is 2.53. The zero-order chi connectivity index (χ0) is 18.4. The van der Waals surface area contributed by atoms with E-state index in [9.17, 15) is 4.79 Å². The summed E-state index contributed by atoms with van der Waals surface area (Å²) in [6.07, 6.45) is 1.49. The van der Waals surface area contributed by atoms with E-state index < -0.39 is 5.91 Å². The van der Waals surface area contributed by atoms with Crippen molar-refractivity contribution >= 4 is 71.5 Å². The lowest BCUT2D eigenvalue weighted by atomic mass is 10.2. The van der Waals surface area contributed by atoms with Gasteiger partial charge in [0.1, 0.15) is 11.5 Å². The van der Waals surface area contributed by atoms with Crippen LogP contribution in [0.2, 0.25) is 5.02 Å². The molecule has 0 heterocycles. The molecule has 1 N–H and O–H groups in total. The molecule has 1 amide bonds. The number of rotatable bonds is 6. The first-order valence-corrected chi connectivity index (χ1v) is 9.59. The van der Waals surface area contributed by atoms with Gasteiger partial charge in [0.25, 0.3) is 5.91 Å². The fraction of sp³-hybridized carbons (Fsp3) is 0.125. The lowest BCUT2D eigenvalue weighted by Crippen LogP contribution is -2.24. The molecule has 132 valence electrons. The van der Waals surface area contributed by atoms with Gasteiger partial charge in [0.05, 0.1) is 22.3 Å². The van der Waals surface area contributed by atoms with Crippen molar-refractivity contribution in [3.05, 3.63) is 54.3 Å². The number of halogens is 4. The van der Waals surface area contributed by atoms with Crippen LogP contribution in [0.3, 0.4) is 0 Å². The summed E-state index contributed by atoms with van der Waals surface area (Å²) in [5, 5.41) is 4.49. The standard InChI is InChI=1S/C16H12Br3ClN2O3/c1-24-16-9(4-10(17)5-13(16)19)7-21-22-15(23)8-25-14-3-2-11(20)6-12(14)18/h2-7H,8H2,1H3,(H,22,23). The fourth-order valence-electron chi connectivity index (χ4n) is 1.83. The number of carbonyl (C=O) groups excluding carboxylic acids is 1. The van der Waals surface area contributed by atoms with E-state index in [4.69, 9.17) is 21.1 Å². The van der Waals surface area contributed by atoms with E-state index in [2.05, 4.69) is 58.3 Å². The van der Waals surface area contributed by atoms with Crippen LogP contribution in [-0.4, -0.2) is 25.8 Å². The van der Waals surface area contributed by atoms with Crippen molar-refractivity contribution < 1.29 is 14.3 Å². The van der Waals surface area contributed by atoms with Crippen molar-refractivity contribution in [3.63, 3.8) is 0 Å². The number of nitrogens with one attached hydrogen (secondary N) is 1. The Balaban J connectivity index is 1.95. The Morgan fingerprint density at radius 1 is 1.24 bits per heavy atom. The molecule has 0 saturated heterocycles. The third kappa shape index (κ3) is 5.99. The number of methoxy groups -OCH3 is 1. The summed E-state index contributed by atoms with van der Waals surface area (Å²) in [7, 11) is 1.56. The van der Waals surface area contributed by atoms with Gasteiger partial charge in [-0.3, -0.25) is 4.79 Å². The number of carbonyl (C=O) groups is 1. The first kappa shape index (κ1) is 20.2. The van der Waals surface area contributed by atoms with Gasteiger partial charge in [-0.2, -0.15) is 5.10 Å². The lowest BCUT2D eigenvalue weighted by Gasteiger charge is -2.08. The summed E-state index contributed by atoms with van der Waals surface area (Å²) < 4.78 is 13.0. The molecule has 0 radical (unpaired) electrons. The van der Waals surface area contributed by atoms with E-state index in [0.717, 1.165) is 8.95 Å². The summed E-state index contributed by atoms with van der Waals surface area (Å²) in [5.74, 6) is 0.731. The summed E-state index contributed by atoms with van der Waals surface area (Å²) in [6, 6.07) is 8.71. The molecular formula is C16H12Br3ClN2O3. The lowest BCUT2D eigenvalue weighted by molar-refractivity contribution is -0.123. The van der Waals surface area contributed by atoms with E-state index in [1.165, 1.54) is 6.21 Å². The van der Waals surface area contributed by atoms with Crippen LogP contribution < -0.4 is 14.9 Å². The first-order valence-electron chi connectivity index (χ1n) is 6.83. The van der Waals surface area contributed by atoms with Crippen molar-refractivity contribution in [2.24, 2.45) is 5.10 Å². The van der Waals surface area contributed by atoms with Gasteiger partial charge >= 0.3 is 0 Å². The van der Waals surface area contributed by atoms with Gasteiger partial charge in [0, 0.05) is 15.1 Å². The van der Waals surface area contributed by atoms with Crippen LogP contribution >= 0.6 is 59.4 Å². The Morgan fingerprint density at radius 3 is 2.68 bits per heavy atom. The second kappa shape index (κ2) is 9.56. The molecular weight excluding hydrogens is 543 g/mol. The molecule has 0 aliphatic carbocycles. The van der Waals surface area contributed by atoms with Gasteiger partial charge < -0.3 is 9.47 Å². The van der Waals surface area contributed by atoms with Gasteiger partial charge in [-0.1, -0.05) is 27.5 Å². The molecule has 5 nitrogen and oxygen atoms in total. The maximum atomic E-state index is 11.8. The highest BCUT2D eigenvalue weighted by atomic mass is 79.9. The minimum Gasteiger partial charge on any atom is -0.495 e. The number of ether oxygens (including phenoxy) is 2. The molecule has 2 aromatic rings. The number of amides is 1. The summed E-state index contributed by atoms with van der Waals surface area (Å²) in [5.41, 5.74) is 3.10. The Kier molecular flexibility index (Phi) is 7.74. The third-order valence-corrected chi connectivity index (χ3v) is 4.79. The molecule has 0 unspecified atom stereocenters. The van der Waals surface area contributed by atoms with Crippen molar-refractivity contribution in [1.29, 1.82) is 0 Å². The normalized spacial score (nSPS) is 10.8. The number of hydrogen-bond acceptors (Lipinski definition) is 4. The molecule has 0 bridgehead atoms. The smallest absolute Gasteiger partial charge is 0.277 e. The highest BCUT2D eigenvalue weighted by Crippen LogP contribution is 2.31. The third-order valence-electron chi connectivity index (χ3n) is 2.89.